The Kier molecular flexibility index (Phi) is 5.54. The average Bonchev–Trinajstić information content (AvgIpc) is 2.49. The van der Waals surface area contributed by atoms with Gasteiger partial charge in [-0.1, -0.05) is 0 Å². The number of rotatable bonds is 5. The molecule has 0 amide bonds. The Bertz CT molecular complexity index is 514. The number of nitrogens with two attached hydrogens (primary N) is 1. The highest BCUT2D eigenvalue weighted by atomic mass is 16.5. The van der Waals surface area contributed by atoms with E-state index in [-0.39, 0.29) is 23.6 Å². The summed E-state index contributed by atoms with van der Waals surface area (Å²) >= 11 is 0. The van der Waals surface area contributed by atoms with Crippen LogP contribution in [0, 0.1) is 0 Å². The molecule has 2 rings (SSSR count). The van der Waals surface area contributed by atoms with E-state index in [1.165, 1.54) is 6.20 Å². The zero-order valence-corrected chi connectivity index (χ0v) is 13.4. The van der Waals surface area contributed by atoms with E-state index in [1.807, 2.05) is 14.1 Å². The molecule has 0 unspecified atom stereocenters. The molecule has 1 fully saturated rings. The second-order valence-corrected chi connectivity index (χ2v) is 5.66. The first-order chi connectivity index (χ1) is 10.5. The molecule has 1 aromatic heterocycles. The molecule has 7 heteroatoms. The van der Waals surface area contributed by atoms with Gasteiger partial charge in [-0.2, -0.15) is 4.98 Å². The van der Waals surface area contributed by atoms with Gasteiger partial charge < -0.3 is 20.1 Å². The number of esters is 1. The van der Waals surface area contributed by atoms with E-state index in [4.69, 9.17) is 15.2 Å². The summed E-state index contributed by atoms with van der Waals surface area (Å²) < 4.78 is 11.0. The summed E-state index contributed by atoms with van der Waals surface area (Å²) in [6.07, 6.45) is 5.06. The van der Waals surface area contributed by atoms with E-state index in [1.54, 1.807) is 11.8 Å². The number of anilines is 1. The predicted molar refractivity (Wildman–Crippen MR) is 83.2 cm³/mol. The molecule has 1 saturated carbocycles. The van der Waals surface area contributed by atoms with Crippen LogP contribution < -0.4 is 15.4 Å². The maximum absolute atomic E-state index is 12.0. The molecule has 1 aliphatic carbocycles. The Balaban J connectivity index is 2.21. The van der Waals surface area contributed by atoms with Gasteiger partial charge in [0.05, 0.1) is 12.8 Å². The van der Waals surface area contributed by atoms with Crippen LogP contribution in [-0.2, 0) is 4.74 Å². The number of ether oxygens (including phenoxy) is 2. The minimum Gasteiger partial charge on any atom is -0.474 e. The highest BCUT2D eigenvalue weighted by Gasteiger charge is 2.24. The molecule has 0 aliphatic heterocycles. The van der Waals surface area contributed by atoms with E-state index in [0.29, 0.717) is 12.6 Å². The van der Waals surface area contributed by atoms with Crippen molar-refractivity contribution in [2.75, 3.05) is 25.6 Å². The number of carbonyl (C=O) groups is 1. The first kappa shape index (κ1) is 16.5. The Hall–Kier alpha value is -1.89. The lowest BCUT2D eigenvalue weighted by atomic mass is 9.94. The summed E-state index contributed by atoms with van der Waals surface area (Å²) in [5.74, 6) is 0.323. The highest BCUT2D eigenvalue weighted by molar-refractivity contribution is 5.91. The van der Waals surface area contributed by atoms with E-state index in [2.05, 4.69) is 9.97 Å². The molecule has 1 aliphatic rings. The van der Waals surface area contributed by atoms with Crippen LogP contribution in [0.15, 0.2) is 6.20 Å². The van der Waals surface area contributed by atoms with Crippen LogP contribution in [0.3, 0.4) is 0 Å². The van der Waals surface area contributed by atoms with Gasteiger partial charge in [-0.25, -0.2) is 9.78 Å². The quantitative estimate of drug-likeness (QED) is 0.821. The Morgan fingerprint density at radius 1 is 1.36 bits per heavy atom. The zero-order valence-electron chi connectivity index (χ0n) is 13.4. The fourth-order valence-electron chi connectivity index (χ4n) is 2.38. The summed E-state index contributed by atoms with van der Waals surface area (Å²) in [7, 11) is 3.67. The van der Waals surface area contributed by atoms with Crippen molar-refractivity contribution in [1.29, 1.82) is 0 Å². The normalized spacial score (nSPS) is 21.3. The third-order valence-corrected chi connectivity index (χ3v) is 3.63. The van der Waals surface area contributed by atoms with Gasteiger partial charge in [-0.15, -0.1) is 0 Å². The fourth-order valence-corrected chi connectivity index (χ4v) is 2.38. The minimum absolute atomic E-state index is 0.0258. The van der Waals surface area contributed by atoms with Crippen molar-refractivity contribution >= 4 is 11.9 Å². The van der Waals surface area contributed by atoms with Crippen LogP contribution in [0.5, 0.6) is 5.88 Å². The molecule has 2 N–H and O–H groups in total. The lowest BCUT2D eigenvalue weighted by Crippen LogP contribution is -2.32. The number of hydrogen-bond donors (Lipinski definition) is 1. The minimum atomic E-state index is -0.463. The predicted octanol–water partition coefficient (Wildman–Crippen LogP) is 1.37. The van der Waals surface area contributed by atoms with Crippen LogP contribution >= 0.6 is 0 Å². The second-order valence-electron chi connectivity index (χ2n) is 5.66. The molecule has 122 valence electrons. The van der Waals surface area contributed by atoms with Gasteiger partial charge in [0.1, 0.15) is 11.7 Å². The van der Waals surface area contributed by atoms with Crippen molar-refractivity contribution < 1.29 is 14.3 Å². The van der Waals surface area contributed by atoms with Crippen molar-refractivity contribution in [3.63, 3.8) is 0 Å². The Labute approximate surface area is 130 Å². The van der Waals surface area contributed by atoms with E-state index in [9.17, 15) is 4.79 Å². The SMILES string of the molecule is CCOC(=O)c1cnc(N(C)C)nc1O[C@H]1CC[C@H](N)CC1. The van der Waals surface area contributed by atoms with Crippen molar-refractivity contribution in [2.24, 2.45) is 5.73 Å². The number of aromatic nitrogens is 2. The van der Waals surface area contributed by atoms with Gasteiger partial charge in [0.15, 0.2) is 0 Å². The molecule has 0 atom stereocenters. The topological polar surface area (TPSA) is 90.6 Å². The van der Waals surface area contributed by atoms with Gasteiger partial charge in [-0.3, -0.25) is 0 Å². The number of carbonyl (C=O) groups excluding carboxylic acids is 1. The smallest absolute Gasteiger partial charge is 0.345 e. The van der Waals surface area contributed by atoms with Crippen molar-refractivity contribution in [2.45, 2.75) is 44.8 Å². The van der Waals surface area contributed by atoms with Crippen molar-refractivity contribution in [3.05, 3.63) is 11.8 Å². The first-order valence-electron chi connectivity index (χ1n) is 7.65. The van der Waals surface area contributed by atoms with Crippen LogP contribution in [-0.4, -0.2) is 48.8 Å². The molecular formula is C15H24N4O3. The highest BCUT2D eigenvalue weighted by Crippen LogP contribution is 2.25. The number of nitrogens with zero attached hydrogens (tertiary/aromatic N) is 3. The molecule has 0 aromatic carbocycles. The van der Waals surface area contributed by atoms with Gasteiger partial charge in [0.2, 0.25) is 11.8 Å². The maximum Gasteiger partial charge on any atom is 0.345 e. The van der Waals surface area contributed by atoms with Crippen molar-refractivity contribution in [1.82, 2.24) is 9.97 Å². The second kappa shape index (κ2) is 7.40. The molecule has 1 heterocycles. The molecule has 0 bridgehead atoms. The largest absolute Gasteiger partial charge is 0.474 e. The number of hydrogen-bond acceptors (Lipinski definition) is 7. The van der Waals surface area contributed by atoms with Gasteiger partial charge in [-0.05, 0) is 32.6 Å². The van der Waals surface area contributed by atoms with E-state index >= 15 is 0 Å². The third kappa shape index (κ3) is 4.07. The lowest BCUT2D eigenvalue weighted by molar-refractivity contribution is 0.0513. The molecule has 0 radical (unpaired) electrons. The molecule has 0 saturated heterocycles. The molecule has 7 nitrogen and oxygen atoms in total. The van der Waals surface area contributed by atoms with Gasteiger partial charge in [0.25, 0.3) is 0 Å². The molecule has 0 spiro atoms. The summed E-state index contributed by atoms with van der Waals surface area (Å²) in [4.78, 5) is 22.3. The molecular weight excluding hydrogens is 284 g/mol. The van der Waals surface area contributed by atoms with Crippen molar-refractivity contribution in [3.8, 4) is 5.88 Å². The average molecular weight is 308 g/mol. The third-order valence-electron chi connectivity index (χ3n) is 3.63. The Morgan fingerprint density at radius 3 is 2.64 bits per heavy atom. The zero-order chi connectivity index (χ0) is 16.1. The fraction of sp³-hybridized carbons (Fsp3) is 0.667. The summed E-state index contributed by atoms with van der Waals surface area (Å²) in [6, 6.07) is 0.243. The lowest BCUT2D eigenvalue weighted by Gasteiger charge is -2.27. The van der Waals surface area contributed by atoms with Crippen LogP contribution in [0.4, 0.5) is 5.95 Å². The first-order valence-corrected chi connectivity index (χ1v) is 7.65. The maximum atomic E-state index is 12.0. The molecule has 22 heavy (non-hydrogen) atoms. The molecule has 1 aromatic rings. The summed E-state index contributed by atoms with van der Waals surface area (Å²) in [5.41, 5.74) is 6.18. The van der Waals surface area contributed by atoms with Gasteiger partial charge >= 0.3 is 5.97 Å². The van der Waals surface area contributed by atoms with Crippen LogP contribution in [0.1, 0.15) is 43.0 Å². The summed E-state index contributed by atoms with van der Waals surface area (Å²) in [6.45, 7) is 2.06. The Morgan fingerprint density at radius 2 is 2.05 bits per heavy atom. The monoisotopic (exact) mass is 308 g/mol. The van der Waals surface area contributed by atoms with Crippen LogP contribution in [0.25, 0.3) is 0 Å². The van der Waals surface area contributed by atoms with E-state index < -0.39 is 5.97 Å². The van der Waals surface area contributed by atoms with Crippen LogP contribution in [0.2, 0.25) is 0 Å². The van der Waals surface area contributed by atoms with Gasteiger partial charge in [0, 0.05) is 20.1 Å². The summed E-state index contributed by atoms with van der Waals surface area (Å²) in [5, 5.41) is 0. The standard InChI is InChI=1S/C15H24N4O3/c1-4-21-14(20)12-9-17-15(19(2)3)18-13(12)22-11-7-5-10(16)6-8-11/h9-11H,4-8,16H2,1-3H3/t10-,11-. The van der Waals surface area contributed by atoms with E-state index in [0.717, 1.165) is 25.7 Å².